The highest BCUT2D eigenvalue weighted by Crippen LogP contribution is 2.24. The van der Waals surface area contributed by atoms with Gasteiger partial charge in [0.1, 0.15) is 0 Å². The highest BCUT2D eigenvalue weighted by Gasteiger charge is 2.13. The molecule has 0 fully saturated rings. The predicted molar refractivity (Wildman–Crippen MR) is 45.7 cm³/mol. The minimum absolute atomic E-state index is 1.17. The molecule has 0 unspecified atom stereocenters. The number of aryl methyl sites for hydroxylation is 3. The number of fused-ring (bicyclic) bond motifs is 1. The number of rotatable bonds is 0. The van der Waals surface area contributed by atoms with Crippen LogP contribution in [-0.2, 0) is 12.8 Å². The lowest BCUT2D eigenvalue weighted by atomic mass is 10.1. The van der Waals surface area contributed by atoms with Gasteiger partial charge in [-0.1, -0.05) is 0 Å². The van der Waals surface area contributed by atoms with Crippen LogP contribution in [-0.4, -0.2) is 4.98 Å². The van der Waals surface area contributed by atoms with Crippen LogP contribution >= 0.6 is 0 Å². The van der Waals surface area contributed by atoms with E-state index in [1.165, 1.54) is 41.8 Å². The Morgan fingerprint density at radius 1 is 1.27 bits per heavy atom. The van der Waals surface area contributed by atoms with Crippen LogP contribution in [0.25, 0.3) is 0 Å². The smallest absolute Gasteiger partial charge is 0.0410 e. The summed E-state index contributed by atoms with van der Waals surface area (Å²) in [6.07, 6.45) is 3.83. The maximum Gasteiger partial charge on any atom is 0.0410 e. The van der Waals surface area contributed by atoms with Crippen molar-refractivity contribution in [2.75, 3.05) is 0 Å². The van der Waals surface area contributed by atoms with Crippen molar-refractivity contribution < 1.29 is 0 Å². The Morgan fingerprint density at radius 2 is 2.09 bits per heavy atom. The second-order valence-electron chi connectivity index (χ2n) is 3.34. The van der Waals surface area contributed by atoms with Gasteiger partial charge in [-0.3, -0.25) is 4.98 Å². The van der Waals surface area contributed by atoms with Gasteiger partial charge in [0, 0.05) is 11.4 Å². The van der Waals surface area contributed by atoms with E-state index in [0.717, 1.165) is 0 Å². The highest BCUT2D eigenvalue weighted by atomic mass is 14.7. The summed E-state index contributed by atoms with van der Waals surface area (Å²) in [4.78, 5) is 4.45. The monoisotopic (exact) mass is 147 g/mol. The molecule has 0 saturated heterocycles. The van der Waals surface area contributed by atoms with Crippen molar-refractivity contribution in [2.45, 2.75) is 33.1 Å². The van der Waals surface area contributed by atoms with Crippen LogP contribution in [0.3, 0.4) is 0 Å². The van der Waals surface area contributed by atoms with Crippen LogP contribution in [0.4, 0.5) is 0 Å². The fourth-order valence-electron chi connectivity index (χ4n) is 1.96. The second kappa shape index (κ2) is 2.33. The Bertz CT molecular complexity index is 289. The van der Waals surface area contributed by atoms with Crippen molar-refractivity contribution >= 4 is 0 Å². The van der Waals surface area contributed by atoms with Gasteiger partial charge in [-0.25, -0.2) is 0 Å². The molecule has 1 aliphatic rings. The average molecular weight is 147 g/mol. The van der Waals surface area contributed by atoms with Gasteiger partial charge in [0.15, 0.2) is 0 Å². The largest absolute Gasteiger partial charge is 0.258 e. The number of hydrogen-bond donors (Lipinski definition) is 0. The van der Waals surface area contributed by atoms with Gasteiger partial charge in [0.05, 0.1) is 0 Å². The lowest BCUT2D eigenvalue weighted by Crippen LogP contribution is -1.93. The Hall–Kier alpha value is -0.850. The molecule has 0 aromatic carbocycles. The zero-order chi connectivity index (χ0) is 7.84. The molecule has 0 radical (unpaired) electrons. The van der Waals surface area contributed by atoms with Crippen molar-refractivity contribution in [1.82, 2.24) is 4.98 Å². The quantitative estimate of drug-likeness (QED) is 0.548. The summed E-state index contributed by atoms with van der Waals surface area (Å²) < 4.78 is 0. The van der Waals surface area contributed by atoms with Gasteiger partial charge in [-0.15, -0.1) is 0 Å². The zero-order valence-electron chi connectivity index (χ0n) is 7.15. The Labute approximate surface area is 67.5 Å². The minimum Gasteiger partial charge on any atom is -0.258 e. The predicted octanol–water partition coefficient (Wildman–Crippen LogP) is 2.19. The highest BCUT2D eigenvalue weighted by molar-refractivity contribution is 5.35. The topological polar surface area (TPSA) is 12.9 Å². The number of pyridine rings is 1. The van der Waals surface area contributed by atoms with Gasteiger partial charge in [-0.05, 0) is 50.3 Å². The van der Waals surface area contributed by atoms with E-state index in [-0.39, 0.29) is 0 Å². The molecule has 0 atom stereocenters. The normalized spacial score (nSPS) is 15.1. The van der Waals surface area contributed by atoms with Crippen molar-refractivity contribution in [3.63, 3.8) is 0 Å². The van der Waals surface area contributed by atoms with E-state index in [0.29, 0.717) is 0 Å². The van der Waals surface area contributed by atoms with Crippen molar-refractivity contribution in [2.24, 2.45) is 0 Å². The van der Waals surface area contributed by atoms with Crippen LogP contribution < -0.4 is 0 Å². The molecule has 1 aromatic heterocycles. The summed E-state index contributed by atoms with van der Waals surface area (Å²) in [5.41, 5.74) is 5.46. The van der Waals surface area contributed by atoms with Crippen LogP contribution in [0.1, 0.15) is 28.9 Å². The molecule has 0 aliphatic heterocycles. The molecule has 0 saturated carbocycles. The molecular weight excluding hydrogens is 134 g/mol. The van der Waals surface area contributed by atoms with E-state index in [2.05, 4.69) is 24.9 Å². The molecule has 1 nitrogen and oxygen atoms in total. The lowest BCUT2D eigenvalue weighted by Gasteiger charge is -2.03. The Morgan fingerprint density at radius 3 is 2.91 bits per heavy atom. The molecule has 0 bridgehead atoms. The summed E-state index contributed by atoms with van der Waals surface area (Å²) in [5, 5.41) is 0. The maximum absolute atomic E-state index is 4.45. The molecule has 1 heterocycles. The van der Waals surface area contributed by atoms with E-state index in [1.54, 1.807) is 0 Å². The van der Waals surface area contributed by atoms with Crippen LogP contribution in [0.15, 0.2) is 6.07 Å². The molecule has 1 aromatic rings. The summed E-state index contributed by atoms with van der Waals surface area (Å²) in [6, 6.07) is 2.23. The summed E-state index contributed by atoms with van der Waals surface area (Å²) in [6.45, 7) is 4.20. The fourth-order valence-corrected chi connectivity index (χ4v) is 1.96. The first-order valence-corrected chi connectivity index (χ1v) is 4.23. The van der Waals surface area contributed by atoms with E-state index >= 15 is 0 Å². The SMILES string of the molecule is Cc1cc2c(c(C)n1)CCC2. The van der Waals surface area contributed by atoms with E-state index in [9.17, 15) is 0 Å². The zero-order valence-corrected chi connectivity index (χ0v) is 7.15. The van der Waals surface area contributed by atoms with Crippen molar-refractivity contribution in [3.05, 3.63) is 28.6 Å². The fraction of sp³-hybridized carbons (Fsp3) is 0.500. The lowest BCUT2D eigenvalue weighted by molar-refractivity contribution is 0.907. The van der Waals surface area contributed by atoms with E-state index < -0.39 is 0 Å². The van der Waals surface area contributed by atoms with Gasteiger partial charge in [-0.2, -0.15) is 0 Å². The summed E-state index contributed by atoms with van der Waals surface area (Å²) >= 11 is 0. The van der Waals surface area contributed by atoms with Crippen LogP contribution in [0, 0.1) is 13.8 Å². The molecule has 0 spiro atoms. The average Bonchev–Trinajstić information content (AvgIpc) is 2.34. The molecule has 58 valence electrons. The Kier molecular flexibility index (Phi) is 1.45. The van der Waals surface area contributed by atoms with Crippen LogP contribution in [0.5, 0.6) is 0 Å². The molecule has 0 amide bonds. The van der Waals surface area contributed by atoms with Crippen LogP contribution in [0.2, 0.25) is 0 Å². The third-order valence-electron chi connectivity index (χ3n) is 2.42. The number of nitrogens with zero attached hydrogens (tertiary/aromatic N) is 1. The standard InChI is InChI=1S/C10H13N/c1-7-6-9-4-3-5-10(9)8(2)11-7/h6H,3-5H2,1-2H3. The molecule has 1 aliphatic carbocycles. The third-order valence-corrected chi connectivity index (χ3v) is 2.42. The van der Waals surface area contributed by atoms with Gasteiger partial charge in [0.25, 0.3) is 0 Å². The summed E-state index contributed by atoms with van der Waals surface area (Å²) in [5.74, 6) is 0. The molecule has 1 heteroatoms. The third kappa shape index (κ3) is 1.05. The molecular formula is C10H13N. The van der Waals surface area contributed by atoms with Gasteiger partial charge in [0.2, 0.25) is 0 Å². The van der Waals surface area contributed by atoms with Crippen molar-refractivity contribution in [3.8, 4) is 0 Å². The van der Waals surface area contributed by atoms with Gasteiger partial charge >= 0.3 is 0 Å². The van der Waals surface area contributed by atoms with E-state index in [4.69, 9.17) is 0 Å². The first-order chi connectivity index (χ1) is 5.27. The van der Waals surface area contributed by atoms with Crippen molar-refractivity contribution in [1.29, 1.82) is 0 Å². The molecule has 11 heavy (non-hydrogen) atoms. The molecule has 2 rings (SSSR count). The van der Waals surface area contributed by atoms with Gasteiger partial charge < -0.3 is 0 Å². The first kappa shape index (κ1) is 6.84. The van der Waals surface area contributed by atoms with E-state index in [1.807, 2.05) is 0 Å². The molecule has 0 N–H and O–H groups in total. The number of hydrogen-bond acceptors (Lipinski definition) is 1. The maximum atomic E-state index is 4.45. The number of aromatic nitrogens is 1. The Balaban J connectivity index is 2.60. The minimum atomic E-state index is 1.17. The summed E-state index contributed by atoms with van der Waals surface area (Å²) in [7, 11) is 0. The second-order valence-corrected chi connectivity index (χ2v) is 3.34. The first-order valence-electron chi connectivity index (χ1n) is 4.23.